The van der Waals surface area contributed by atoms with E-state index in [1.807, 2.05) is 6.07 Å². The van der Waals surface area contributed by atoms with Crippen molar-refractivity contribution < 1.29 is 18.0 Å². The van der Waals surface area contributed by atoms with E-state index in [4.69, 9.17) is 9.26 Å². The topological polar surface area (TPSA) is 48.2 Å². The second-order valence-corrected chi connectivity index (χ2v) is 4.69. The van der Waals surface area contributed by atoms with E-state index in [1.54, 1.807) is 25.1 Å². The van der Waals surface area contributed by atoms with Gasteiger partial charge in [-0.05, 0) is 24.3 Å². The Balaban J connectivity index is 1.75. The number of aryl methyl sites for hydroxylation is 1. The van der Waals surface area contributed by atoms with Gasteiger partial charge in [-0.2, -0.15) is 4.98 Å². The van der Waals surface area contributed by atoms with Gasteiger partial charge in [-0.15, -0.1) is 0 Å². The van der Waals surface area contributed by atoms with Crippen molar-refractivity contribution in [2.75, 3.05) is 0 Å². The lowest BCUT2D eigenvalue weighted by Gasteiger charge is -2.08. The lowest BCUT2D eigenvalue weighted by Crippen LogP contribution is -1.99. The highest BCUT2D eigenvalue weighted by Crippen LogP contribution is 2.22. The van der Waals surface area contributed by atoms with Crippen molar-refractivity contribution in [1.82, 2.24) is 10.1 Å². The smallest absolute Gasteiger partial charge is 0.223 e. The summed E-state index contributed by atoms with van der Waals surface area (Å²) in [5, 5.41) is 3.83. The molecular formula is C16H12F2N2O2. The molecule has 1 aromatic heterocycles. The number of aromatic nitrogens is 2. The zero-order chi connectivity index (χ0) is 15.5. The van der Waals surface area contributed by atoms with E-state index in [9.17, 15) is 8.78 Å². The number of hydrogen-bond acceptors (Lipinski definition) is 4. The van der Waals surface area contributed by atoms with Gasteiger partial charge in [0.05, 0.1) is 0 Å². The summed E-state index contributed by atoms with van der Waals surface area (Å²) in [6, 6.07) is 10.4. The lowest BCUT2D eigenvalue weighted by molar-refractivity contribution is 0.299. The standard InChI is InChI=1S/C16H12F2N2O2/c1-10-19-16(20-22-10)11-3-2-4-14(7-11)21-9-12-5-6-13(17)8-15(12)18/h2-8H,9H2,1H3. The number of hydrogen-bond donors (Lipinski definition) is 0. The van der Waals surface area contributed by atoms with Gasteiger partial charge in [0.15, 0.2) is 0 Å². The maximum atomic E-state index is 13.5. The summed E-state index contributed by atoms with van der Waals surface area (Å²) in [7, 11) is 0. The van der Waals surface area contributed by atoms with Crippen molar-refractivity contribution in [1.29, 1.82) is 0 Å². The average molecular weight is 302 g/mol. The molecule has 0 amide bonds. The second kappa shape index (κ2) is 5.93. The second-order valence-electron chi connectivity index (χ2n) is 4.69. The minimum atomic E-state index is -0.634. The minimum Gasteiger partial charge on any atom is -0.489 e. The van der Waals surface area contributed by atoms with Gasteiger partial charge < -0.3 is 9.26 Å². The van der Waals surface area contributed by atoms with Crippen LogP contribution >= 0.6 is 0 Å². The molecule has 0 saturated carbocycles. The summed E-state index contributed by atoms with van der Waals surface area (Å²) in [4.78, 5) is 4.13. The largest absolute Gasteiger partial charge is 0.489 e. The van der Waals surface area contributed by atoms with Crippen molar-refractivity contribution >= 4 is 0 Å². The van der Waals surface area contributed by atoms with Gasteiger partial charge in [0, 0.05) is 24.1 Å². The number of benzene rings is 2. The molecule has 3 rings (SSSR count). The summed E-state index contributed by atoms with van der Waals surface area (Å²) in [6.07, 6.45) is 0. The van der Waals surface area contributed by atoms with Crippen LogP contribution in [0.5, 0.6) is 5.75 Å². The van der Waals surface area contributed by atoms with Crippen LogP contribution in [0.3, 0.4) is 0 Å². The molecule has 0 aliphatic heterocycles. The average Bonchev–Trinajstić information content (AvgIpc) is 2.93. The quantitative estimate of drug-likeness (QED) is 0.733. The number of rotatable bonds is 4. The summed E-state index contributed by atoms with van der Waals surface area (Å²) in [6.45, 7) is 1.70. The monoisotopic (exact) mass is 302 g/mol. The van der Waals surface area contributed by atoms with Crippen LogP contribution in [0.1, 0.15) is 11.5 Å². The van der Waals surface area contributed by atoms with Crippen molar-refractivity contribution in [3.05, 3.63) is 65.6 Å². The van der Waals surface area contributed by atoms with Crippen molar-refractivity contribution in [2.24, 2.45) is 0 Å². The summed E-state index contributed by atoms with van der Waals surface area (Å²) in [5.74, 6) is 0.204. The van der Waals surface area contributed by atoms with E-state index in [1.165, 1.54) is 12.1 Å². The lowest BCUT2D eigenvalue weighted by atomic mass is 10.2. The molecule has 0 aliphatic carbocycles. The third-order valence-electron chi connectivity index (χ3n) is 3.03. The molecule has 0 atom stereocenters. The van der Waals surface area contributed by atoms with Crippen LogP contribution in [0.2, 0.25) is 0 Å². The first-order valence-corrected chi connectivity index (χ1v) is 6.59. The van der Waals surface area contributed by atoms with E-state index in [-0.39, 0.29) is 12.2 Å². The number of ether oxygens (including phenoxy) is 1. The molecule has 0 saturated heterocycles. The first-order chi connectivity index (χ1) is 10.6. The minimum absolute atomic E-state index is 0.000832. The van der Waals surface area contributed by atoms with Crippen LogP contribution in [0, 0.1) is 18.6 Å². The molecule has 3 aromatic rings. The van der Waals surface area contributed by atoms with Crippen LogP contribution in [0.25, 0.3) is 11.4 Å². The van der Waals surface area contributed by atoms with Crippen molar-refractivity contribution in [2.45, 2.75) is 13.5 Å². The van der Waals surface area contributed by atoms with Gasteiger partial charge in [-0.3, -0.25) is 0 Å². The van der Waals surface area contributed by atoms with Crippen LogP contribution in [0.4, 0.5) is 8.78 Å². The maximum absolute atomic E-state index is 13.5. The van der Waals surface area contributed by atoms with Crippen molar-refractivity contribution in [3.63, 3.8) is 0 Å². The van der Waals surface area contributed by atoms with E-state index in [0.29, 0.717) is 17.5 Å². The SMILES string of the molecule is Cc1nc(-c2cccc(OCc3ccc(F)cc3F)c2)no1. The predicted molar refractivity (Wildman–Crippen MR) is 75.2 cm³/mol. The molecule has 22 heavy (non-hydrogen) atoms. The molecule has 1 heterocycles. The summed E-state index contributed by atoms with van der Waals surface area (Å²) in [5.41, 5.74) is 1.01. The highest BCUT2D eigenvalue weighted by Gasteiger charge is 2.08. The van der Waals surface area contributed by atoms with Crippen molar-refractivity contribution in [3.8, 4) is 17.1 Å². The van der Waals surface area contributed by atoms with Gasteiger partial charge in [0.25, 0.3) is 0 Å². The molecule has 0 fully saturated rings. The van der Waals surface area contributed by atoms with E-state index in [2.05, 4.69) is 10.1 Å². The molecule has 0 bridgehead atoms. The molecule has 6 heteroatoms. The molecule has 0 aliphatic rings. The Kier molecular flexibility index (Phi) is 3.82. The van der Waals surface area contributed by atoms with E-state index < -0.39 is 11.6 Å². The molecule has 0 unspecified atom stereocenters. The Bertz CT molecular complexity index is 802. The van der Waals surface area contributed by atoms with Gasteiger partial charge >= 0.3 is 0 Å². The first kappa shape index (κ1) is 14.2. The van der Waals surface area contributed by atoms with Gasteiger partial charge in [-0.25, -0.2) is 8.78 Å². The highest BCUT2D eigenvalue weighted by molar-refractivity contribution is 5.56. The van der Waals surface area contributed by atoms with Crippen LogP contribution in [-0.2, 0) is 6.61 Å². The fourth-order valence-corrected chi connectivity index (χ4v) is 1.94. The Labute approximate surface area is 125 Å². The molecule has 0 radical (unpaired) electrons. The molecule has 0 spiro atoms. The maximum Gasteiger partial charge on any atom is 0.223 e. The normalized spacial score (nSPS) is 10.7. The van der Waals surface area contributed by atoms with Gasteiger partial charge in [-0.1, -0.05) is 17.3 Å². The molecule has 2 aromatic carbocycles. The van der Waals surface area contributed by atoms with E-state index in [0.717, 1.165) is 11.6 Å². The van der Waals surface area contributed by atoms with Gasteiger partial charge in [0.2, 0.25) is 11.7 Å². The first-order valence-electron chi connectivity index (χ1n) is 6.59. The molecule has 112 valence electrons. The molecule has 4 nitrogen and oxygen atoms in total. The number of halogens is 2. The third kappa shape index (κ3) is 3.11. The van der Waals surface area contributed by atoms with Crippen LogP contribution in [-0.4, -0.2) is 10.1 Å². The predicted octanol–water partition coefficient (Wildman–Crippen LogP) is 3.90. The Hall–Kier alpha value is -2.76. The van der Waals surface area contributed by atoms with Crippen LogP contribution < -0.4 is 4.74 Å². The summed E-state index contributed by atoms with van der Waals surface area (Å²) < 4.78 is 36.9. The fraction of sp³-hybridized carbons (Fsp3) is 0.125. The number of nitrogens with zero attached hydrogens (tertiary/aromatic N) is 2. The Morgan fingerprint density at radius 1 is 1.14 bits per heavy atom. The highest BCUT2D eigenvalue weighted by atomic mass is 19.1. The molecule has 0 N–H and O–H groups in total. The Morgan fingerprint density at radius 3 is 2.73 bits per heavy atom. The van der Waals surface area contributed by atoms with Gasteiger partial charge in [0.1, 0.15) is 24.0 Å². The fourth-order valence-electron chi connectivity index (χ4n) is 1.94. The van der Waals surface area contributed by atoms with Crippen LogP contribution in [0.15, 0.2) is 47.0 Å². The Morgan fingerprint density at radius 2 is 2.00 bits per heavy atom. The zero-order valence-electron chi connectivity index (χ0n) is 11.7. The summed E-state index contributed by atoms with van der Waals surface area (Å²) >= 11 is 0. The third-order valence-corrected chi connectivity index (χ3v) is 3.03. The zero-order valence-corrected chi connectivity index (χ0v) is 11.7. The molecular weight excluding hydrogens is 290 g/mol. The van der Waals surface area contributed by atoms with E-state index >= 15 is 0 Å².